The summed E-state index contributed by atoms with van der Waals surface area (Å²) in [5.74, 6) is -0.0443. The Balaban J connectivity index is 1.24. The van der Waals surface area contributed by atoms with Crippen molar-refractivity contribution in [2.24, 2.45) is 11.8 Å². The third-order valence-corrected chi connectivity index (χ3v) is 12.4. The highest BCUT2D eigenvalue weighted by Gasteiger charge is 2.66. The molecule has 1 fully saturated rings. The molecule has 4 aromatic rings. The lowest BCUT2D eigenvalue weighted by Crippen LogP contribution is -2.48. The van der Waals surface area contributed by atoms with Crippen LogP contribution in [0.2, 0.25) is 0 Å². The van der Waals surface area contributed by atoms with Crippen LogP contribution in [0.3, 0.4) is 0 Å². The molecule has 0 saturated carbocycles. The molecular weight excluding hydrogens is 695 g/mol. The fourth-order valence-electron chi connectivity index (χ4n) is 9.67. The van der Waals surface area contributed by atoms with Crippen LogP contribution in [0.4, 0.5) is 17.1 Å². The van der Waals surface area contributed by atoms with Crippen LogP contribution in [0.1, 0.15) is 49.4 Å². The van der Waals surface area contributed by atoms with Gasteiger partial charge >= 0.3 is 0 Å². The van der Waals surface area contributed by atoms with Gasteiger partial charge in [-0.2, -0.15) is 0 Å². The smallest absolute Gasteiger partial charge is 0.269 e. The minimum atomic E-state index is -1.48. The summed E-state index contributed by atoms with van der Waals surface area (Å²) in [7, 11) is 1.63. The summed E-state index contributed by atoms with van der Waals surface area (Å²) in [6, 6.07) is 28.6. The molecule has 4 aliphatic heterocycles. The van der Waals surface area contributed by atoms with Crippen molar-refractivity contribution in [1.29, 1.82) is 0 Å². The molecular formula is C45H47N3O7. The van der Waals surface area contributed by atoms with Crippen molar-refractivity contribution in [1.82, 2.24) is 4.90 Å². The molecule has 3 amide bonds. The summed E-state index contributed by atoms with van der Waals surface area (Å²) in [4.78, 5) is 48.3. The summed E-state index contributed by atoms with van der Waals surface area (Å²) in [6.07, 6.45) is 1.57. The Morgan fingerprint density at radius 3 is 2.45 bits per heavy atom. The summed E-state index contributed by atoms with van der Waals surface area (Å²) >= 11 is 0. The standard InChI is InChI=1S/C45H47N3O7/c1-6-21-46-36-20-17-32(48-37-13-9-10-14-38(37)54-27-41(48)51)23-35(36)45(43(46)52)28(2)42(44(3,4)31-15-18-34(53-5)19-16-31)39(55-45)24-40(50)47-25-30-12-8-7-11-29(30)22-33(47)26-49/h6-20,23,28,33,39,42,49H,1,21-22,24-27H2,2-5H3/t28-,33-,39+,42-,45+/m0/s1. The van der Waals surface area contributed by atoms with Crippen LogP contribution in [-0.4, -0.2) is 66.7 Å². The summed E-state index contributed by atoms with van der Waals surface area (Å²) in [5, 5.41) is 10.5. The Kier molecular flexibility index (Phi) is 9.30. The van der Waals surface area contributed by atoms with Gasteiger partial charge in [0.1, 0.15) is 11.5 Å². The van der Waals surface area contributed by atoms with E-state index in [1.807, 2.05) is 91.0 Å². The van der Waals surface area contributed by atoms with Gasteiger partial charge in [0.25, 0.3) is 11.8 Å². The SMILES string of the molecule is C=CCN1C(=O)[C@]2(O[C@H](CC(=O)N3Cc4ccccc4C[C@H]3CO)[C@@H](C(C)(C)c3ccc(OC)cc3)[C@@H]2C)c2cc(N3C(=O)COc4ccccc43)ccc21. The topological polar surface area (TPSA) is 109 Å². The average molecular weight is 742 g/mol. The monoisotopic (exact) mass is 741 g/mol. The average Bonchev–Trinajstić information content (AvgIpc) is 3.62. The summed E-state index contributed by atoms with van der Waals surface area (Å²) < 4.78 is 18.5. The first-order valence-electron chi connectivity index (χ1n) is 18.9. The summed E-state index contributed by atoms with van der Waals surface area (Å²) in [6.45, 7) is 10.6. The fourth-order valence-corrected chi connectivity index (χ4v) is 9.67. The first-order chi connectivity index (χ1) is 26.5. The predicted molar refractivity (Wildman–Crippen MR) is 209 cm³/mol. The van der Waals surface area contributed by atoms with Crippen LogP contribution in [0.15, 0.2) is 104 Å². The van der Waals surface area contributed by atoms with E-state index < -0.39 is 23.0 Å². The van der Waals surface area contributed by atoms with Gasteiger partial charge in [-0.1, -0.05) is 75.4 Å². The molecule has 0 radical (unpaired) electrons. The van der Waals surface area contributed by atoms with Gasteiger partial charge in [0.15, 0.2) is 12.2 Å². The Labute approximate surface area is 321 Å². The maximum absolute atomic E-state index is 15.1. The number of aliphatic hydroxyl groups is 1. The number of para-hydroxylation sites is 2. The highest BCUT2D eigenvalue weighted by molar-refractivity contribution is 6.10. The highest BCUT2D eigenvalue weighted by Crippen LogP contribution is 2.60. The van der Waals surface area contributed by atoms with Crippen LogP contribution >= 0.6 is 0 Å². The molecule has 1 saturated heterocycles. The van der Waals surface area contributed by atoms with E-state index in [4.69, 9.17) is 14.2 Å². The van der Waals surface area contributed by atoms with Gasteiger partial charge in [-0.15, -0.1) is 6.58 Å². The van der Waals surface area contributed by atoms with Crippen LogP contribution in [0, 0.1) is 11.8 Å². The number of anilines is 3. The third-order valence-electron chi connectivity index (χ3n) is 12.4. The van der Waals surface area contributed by atoms with Crippen molar-refractivity contribution in [3.8, 4) is 11.5 Å². The number of methoxy groups -OCH3 is 1. The molecule has 0 aliphatic carbocycles. The van der Waals surface area contributed by atoms with Crippen molar-refractivity contribution in [2.45, 2.75) is 63.3 Å². The Hall–Kier alpha value is -5.45. The van der Waals surface area contributed by atoms with Crippen molar-refractivity contribution in [3.63, 3.8) is 0 Å². The number of rotatable bonds is 9. The van der Waals surface area contributed by atoms with E-state index in [1.165, 1.54) is 0 Å². The number of aliphatic hydroxyl groups excluding tert-OH is 1. The molecule has 1 N–H and O–H groups in total. The van der Waals surface area contributed by atoms with E-state index >= 15 is 4.79 Å². The van der Waals surface area contributed by atoms with Crippen LogP contribution in [0.5, 0.6) is 11.5 Å². The molecule has 1 spiro atoms. The maximum atomic E-state index is 15.1. The minimum absolute atomic E-state index is 0.00803. The van der Waals surface area contributed by atoms with Crippen LogP contribution in [0.25, 0.3) is 0 Å². The normalized spacial score (nSPS) is 24.3. The largest absolute Gasteiger partial charge is 0.497 e. The first-order valence-corrected chi connectivity index (χ1v) is 18.9. The van der Waals surface area contributed by atoms with E-state index in [0.29, 0.717) is 41.3 Å². The lowest BCUT2D eigenvalue weighted by molar-refractivity contribution is -0.151. The number of benzene rings is 4. The minimum Gasteiger partial charge on any atom is -0.497 e. The molecule has 4 heterocycles. The van der Waals surface area contributed by atoms with E-state index in [2.05, 4.69) is 27.4 Å². The lowest BCUT2D eigenvalue weighted by atomic mass is 9.63. The number of amides is 3. The second kappa shape index (κ2) is 14.0. The molecule has 0 unspecified atom stereocenters. The number of hydrogen-bond donors (Lipinski definition) is 1. The van der Waals surface area contributed by atoms with Crippen LogP contribution in [-0.2, 0) is 43.1 Å². The number of carbonyl (C=O) groups excluding carboxylic acids is 3. The van der Waals surface area contributed by atoms with Crippen molar-refractivity contribution < 1.29 is 33.7 Å². The van der Waals surface area contributed by atoms with Crippen molar-refractivity contribution >= 4 is 34.8 Å². The molecule has 10 heteroatoms. The van der Waals surface area contributed by atoms with Gasteiger partial charge in [-0.3, -0.25) is 19.3 Å². The Bertz CT molecular complexity index is 2170. The van der Waals surface area contributed by atoms with E-state index in [0.717, 1.165) is 22.4 Å². The van der Waals surface area contributed by atoms with Gasteiger partial charge in [0, 0.05) is 36.2 Å². The molecule has 4 aromatic carbocycles. The summed E-state index contributed by atoms with van der Waals surface area (Å²) in [5.41, 5.74) is 3.65. The highest BCUT2D eigenvalue weighted by atomic mass is 16.5. The number of carbonyl (C=O) groups is 3. The quantitative estimate of drug-likeness (QED) is 0.197. The molecule has 5 atom stereocenters. The molecule has 0 aromatic heterocycles. The zero-order valence-corrected chi connectivity index (χ0v) is 31.7. The Morgan fingerprint density at radius 1 is 1.00 bits per heavy atom. The third kappa shape index (κ3) is 5.81. The first kappa shape index (κ1) is 36.5. The van der Waals surface area contributed by atoms with Gasteiger partial charge in [0.2, 0.25) is 5.91 Å². The number of hydrogen-bond acceptors (Lipinski definition) is 7. The molecule has 284 valence electrons. The van der Waals surface area contributed by atoms with Gasteiger partial charge in [0.05, 0.1) is 43.7 Å². The van der Waals surface area contributed by atoms with Crippen molar-refractivity contribution in [2.75, 3.05) is 36.7 Å². The van der Waals surface area contributed by atoms with E-state index in [9.17, 15) is 14.7 Å². The number of ether oxygens (including phenoxy) is 3. The molecule has 4 aliphatic rings. The number of fused-ring (bicyclic) bond motifs is 4. The predicted octanol–water partition coefficient (Wildman–Crippen LogP) is 6.45. The second-order valence-electron chi connectivity index (χ2n) is 15.6. The second-order valence-corrected chi connectivity index (χ2v) is 15.6. The zero-order chi connectivity index (χ0) is 38.6. The molecule has 55 heavy (non-hydrogen) atoms. The molecule has 0 bridgehead atoms. The molecule has 10 nitrogen and oxygen atoms in total. The zero-order valence-electron chi connectivity index (χ0n) is 31.7. The van der Waals surface area contributed by atoms with E-state index in [1.54, 1.807) is 27.9 Å². The van der Waals surface area contributed by atoms with Crippen molar-refractivity contribution in [3.05, 3.63) is 126 Å². The van der Waals surface area contributed by atoms with E-state index in [-0.39, 0.29) is 55.9 Å². The van der Waals surface area contributed by atoms with Gasteiger partial charge in [-0.25, -0.2) is 0 Å². The fraction of sp³-hybridized carbons (Fsp3) is 0.356. The van der Waals surface area contributed by atoms with Gasteiger partial charge < -0.3 is 29.1 Å². The number of nitrogens with zero attached hydrogens (tertiary/aromatic N) is 3. The lowest BCUT2D eigenvalue weighted by Gasteiger charge is -2.40. The van der Waals surface area contributed by atoms with Gasteiger partial charge in [-0.05, 0) is 71.0 Å². The molecule has 8 rings (SSSR count). The Morgan fingerprint density at radius 2 is 1.73 bits per heavy atom. The van der Waals surface area contributed by atoms with Crippen LogP contribution < -0.4 is 19.3 Å². The maximum Gasteiger partial charge on any atom is 0.269 e.